The average molecular weight is 325 g/mol. The molecule has 3 aromatic rings. The number of nitrogen functional groups attached to an aromatic ring is 1. The molecule has 0 aliphatic carbocycles. The minimum atomic E-state index is -0.797. The molecular formula is C18H19N3O3. The number of carboxylic acids is 1. The summed E-state index contributed by atoms with van der Waals surface area (Å²) in [6, 6.07) is 13.4. The first-order valence-corrected chi connectivity index (χ1v) is 7.71. The number of aromatic nitrogens is 2. The fraction of sp³-hybridized carbons (Fsp3) is 0.222. The van der Waals surface area contributed by atoms with Gasteiger partial charge in [-0.3, -0.25) is 4.79 Å². The van der Waals surface area contributed by atoms with Gasteiger partial charge < -0.3 is 20.1 Å². The number of carboxylic acid groups (broad SMARTS) is 1. The molecule has 24 heavy (non-hydrogen) atoms. The van der Waals surface area contributed by atoms with E-state index in [0.29, 0.717) is 24.4 Å². The third-order valence-electron chi connectivity index (χ3n) is 3.91. The van der Waals surface area contributed by atoms with Crippen LogP contribution in [0.15, 0.2) is 42.5 Å². The molecule has 0 amide bonds. The summed E-state index contributed by atoms with van der Waals surface area (Å²) in [5.74, 6) is 0.595. The molecule has 6 heteroatoms. The Kier molecular flexibility index (Phi) is 4.37. The highest BCUT2D eigenvalue weighted by atomic mass is 16.5. The molecule has 1 heterocycles. The van der Waals surface area contributed by atoms with Gasteiger partial charge >= 0.3 is 5.97 Å². The molecule has 0 spiro atoms. The molecular weight excluding hydrogens is 306 g/mol. The number of hydrogen-bond donors (Lipinski definition) is 2. The molecule has 6 nitrogen and oxygen atoms in total. The number of nitrogens with two attached hydrogens (primary N) is 1. The number of imidazole rings is 1. The summed E-state index contributed by atoms with van der Waals surface area (Å²) in [4.78, 5) is 15.5. The van der Waals surface area contributed by atoms with Crippen molar-refractivity contribution in [3.8, 4) is 17.1 Å². The summed E-state index contributed by atoms with van der Waals surface area (Å²) in [7, 11) is 1.58. The Labute approximate surface area is 139 Å². The highest BCUT2D eigenvalue weighted by molar-refractivity contribution is 5.81. The maximum absolute atomic E-state index is 10.8. The standard InChI is InChI=1S/C18H19N3O3/c1-24-16-9-8-12(11-13(16)19)18-20-14-5-2-3-6-15(14)21(18)10-4-7-17(22)23/h2-3,5-6,8-9,11H,4,7,10,19H2,1H3,(H,22,23). The van der Waals surface area contributed by atoms with Crippen molar-refractivity contribution in [3.05, 3.63) is 42.5 Å². The molecule has 0 atom stereocenters. The molecule has 0 radical (unpaired) electrons. The van der Waals surface area contributed by atoms with E-state index in [0.717, 1.165) is 22.4 Å². The topological polar surface area (TPSA) is 90.4 Å². The van der Waals surface area contributed by atoms with Crippen LogP contribution >= 0.6 is 0 Å². The van der Waals surface area contributed by atoms with Crippen LogP contribution in [0.2, 0.25) is 0 Å². The predicted molar refractivity (Wildman–Crippen MR) is 93.0 cm³/mol. The number of carbonyl (C=O) groups is 1. The average Bonchev–Trinajstić information content (AvgIpc) is 2.93. The van der Waals surface area contributed by atoms with E-state index in [9.17, 15) is 4.79 Å². The van der Waals surface area contributed by atoms with Crippen LogP contribution in [0.1, 0.15) is 12.8 Å². The van der Waals surface area contributed by atoms with E-state index in [1.54, 1.807) is 7.11 Å². The van der Waals surface area contributed by atoms with Gasteiger partial charge in [-0.2, -0.15) is 0 Å². The molecule has 0 unspecified atom stereocenters. The van der Waals surface area contributed by atoms with Crippen molar-refractivity contribution in [3.63, 3.8) is 0 Å². The molecule has 124 valence electrons. The summed E-state index contributed by atoms with van der Waals surface area (Å²) in [5.41, 5.74) is 9.28. The van der Waals surface area contributed by atoms with Crippen molar-refractivity contribution >= 4 is 22.7 Å². The first-order valence-electron chi connectivity index (χ1n) is 7.71. The van der Waals surface area contributed by atoms with E-state index in [4.69, 9.17) is 20.6 Å². The Morgan fingerprint density at radius 2 is 2.08 bits per heavy atom. The summed E-state index contributed by atoms with van der Waals surface area (Å²) in [6.07, 6.45) is 0.658. The molecule has 0 saturated heterocycles. The Bertz CT molecular complexity index is 886. The van der Waals surface area contributed by atoms with Gasteiger partial charge in [0.2, 0.25) is 0 Å². The van der Waals surface area contributed by atoms with E-state index < -0.39 is 5.97 Å². The molecule has 2 aromatic carbocycles. The largest absolute Gasteiger partial charge is 0.495 e. The molecule has 0 aliphatic rings. The van der Waals surface area contributed by atoms with Crippen molar-refractivity contribution in [2.45, 2.75) is 19.4 Å². The van der Waals surface area contributed by atoms with E-state index in [1.807, 2.05) is 47.0 Å². The summed E-state index contributed by atoms with van der Waals surface area (Å²) >= 11 is 0. The molecule has 0 saturated carbocycles. The van der Waals surface area contributed by atoms with Crippen molar-refractivity contribution in [1.29, 1.82) is 0 Å². The lowest BCUT2D eigenvalue weighted by atomic mass is 10.1. The van der Waals surface area contributed by atoms with E-state index >= 15 is 0 Å². The normalized spacial score (nSPS) is 10.9. The third kappa shape index (κ3) is 3.03. The molecule has 0 aliphatic heterocycles. The highest BCUT2D eigenvalue weighted by Crippen LogP contribution is 2.30. The molecule has 3 N–H and O–H groups in total. The van der Waals surface area contributed by atoms with E-state index in [2.05, 4.69) is 0 Å². The maximum Gasteiger partial charge on any atom is 0.303 e. The summed E-state index contributed by atoms with van der Waals surface area (Å²) in [5, 5.41) is 8.88. The van der Waals surface area contributed by atoms with Crippen molar-refractivity contribution in [2.75, 3.05) is 12.8 Å². The first kappa shape index (κ1) is 15.9. The Hall–Kier alpha value is -3.02. The second-order valence-corrected chi connectivity index (χ2v) is 5.53. The number of ether oxygens (including phenoxy) is 1. The number of aryl methyl sites for hydroxylation is 1. The van der Waals surface area contributed by atoms with Gasteiger partial charge in [0.15, 0.2) is 0 Å². The molecule has 0 bridgehead atoms. The number of methoxy groups -OCH3 is 1. The van der Waals surface area contributed by atoms with Crippen LogP contribution in [0.4, 0.5) is 5.69 Å². The van der Waals surface area contributed by atoms with E-state index in [1.165, 1.54) is 0 Å². The number of fused-ring (bicyclic) bond motifs is 1. The SMILES string of the molecule is COc1ccc(-c2nc3ccccc3n2CCCC(=O)O)cc1N. The van der Waals surface area contributed by atoms with Crippen molar-refractivity contribution < 1.29 is 14.6 Å². The Morgan fingerprint density at radius 3 is 2.79 bits per heavy atom. The van der Waals surface area contributed by atoms with Crippen LogP contribution < -0.4 is 10.5 Å². The van der Waals surface area contributed by atoms with Gasteiger partial charge in [0.05, 0.1) is 23.8 Å². The highest BCUT2D eigenvalue weighted by Gasteiger charge is 2.14. The molecule has 3 rings (SSSR count). The lowest BCUT2D eigenvalue weighted by Crippen LogP contribution is -2.04. The summed E-state index contributed by atoms with van der Waals surface area (Å²) in [6.45, 7) is 0.577. The number of aliphatic carboxylic acids is 1. The third-order valence-corrected chi connectivity index (χ3v) is 3.91. The zero-order chi connectivity index (χ0) is 17.1. The van der Waals surface area contributed by atoms with Crippen LogP contribution in [-0.2, 0) is 11.3 Å². The Morgan fingerprint density at radius 1 is 1.29 bits per heavy atom. The number of para-hydroxylation sites is 2. The van der Waals surface area contributed by atoms with Gasteiger partial charge in [0.1, 0.15) is 11.6 Å². The number of benzene rings is 2. The van der Waals surface area contributed by atoms with Gasteiger partial charge in [-0.25, -0.2) is 4.98 Å². The van der Waals surface area contributed by atoms with Crippen LogP contribution in [-0.4, -0.2) is 27.7 Å². The van der Waals surface area contributed by atoms with E-state index in [-0.39, 0.29) is 6.42 Å². The van der Waals surface area contributed by atoms with Gasteiger partial charge in [-0.1, -0.05) is 12.1 Å². The van der Waals surface area contributed by atoms with Crippen molar-refractivity contribution in [1.82, 2.24) is 9.55 Å². The zero-order valence-electron chi connectivity index (χ0n) is 13.4. The van der Waals surface area contributed by atoms with Crippen LogP contribution in [0.25, 0.3) is 22.4 Å². The fourth-order valence-electron chi connectivity index (χ4n) is 2.78. The first-order chi connectivity index (χ1) is 11.6. The van der Waals surface area contributed by atoms with Crippen LogP contribution in [0.5, 0.6) is 5.75 Å². The number of nitrogens with zero attached hydrogens (tertiary/aromatic N) is 2. The van der Waals surface area contributed by atoms with Crippen LogP contribution in [0.3, 0.4) is 0 Å². The second kappa shape index (κ2) is 6.62. The van der Waals surface area contributed by atoms with Gasteiger partial charge in [0, 0.05) is 18.5 Å². The second-order valence-electron chi connectivity index (χ2n) is 5.53. The fourth-order valence-corrected chi connectivity index (χ4v) is 2.78. The lowest BCUT2D eigenvalue weighted by molar-refractivity contribution is -0.137. The lowest BCUT2D eigenvalue weighted by Gasteiger charge is -2.10. The molecule has 0 fully saturated rings. The summed E-state index contributed by atoms with van der Waals surface area (Å²) < 4.78 is 7.24. The quantitative estimate of drug-likeness (QED) is 0.679. The van der Waals surface area contributed by atoms with Crippen LogP contribution in [0, 0.1) is 0 Å². The zero-order valence-corrected chi connectivity index (χ0v) is 13.4. The predicted octanol–water partition coefficient (Wildman–Crippen LogP) is 3.16. The maximum atomic E-state index is 10.8. The van der Waals surface area contributed by atoms with Crippen molar-refractivity contribution in [2.24, 2.45) is 0 Å². The minimum Gasteiger partial charge on any atom is -0.495 e. The minimum absolute atomic E-state index is 0.122. The monoisotopic (exact) mass is 325 g/mol. The smallest absolute Gasteiger partial charge is 0.303 e. The number of rotatable bonds is 6. The van der Waals surface area contributed by atoms with Gasteiger partial charge in [-0.15, -0.1) is 0 Å². The Balaban J connectivity index is 2.05. The number of hydrogen-bond acceptors (Lipinski definition) is 4. The van der Waals surface area contributed by atoms with Gasteiger partial charge in [-0.05, 0) is 36.8 Å². The number of anilines is 1. The van der Waals surface area contributed by atoms with Gasteiger partial charge in [0.25, 0.3) is 0 Å². The molecule has 1 aromatic heterocycles.